The lowest BCUT2D eigenvalue weighted by molar-refractivity contribution is -0.117. The van der Waals surface area contributed by atoms with Crippen LogP contribution in [-0.4, -0.2) is 34.6 Å². The summed E-state index contributed by atoms with van der Waals surface area (Å²) in [5, 5.41) is 3.83. The van der Waals surface area contributed by atoms with E-state index < -0.39 is 15.9 Å². The molecule has 8 heteroatoms. The van der Waals surface area contributed by atoms with Crippen LogP contribution in [0.5, 0.6) is 0 Å². The van der Waals surface area contributed by atoms with Crippen molar-refractivity contribution in [2.45, 2.75) is 12.8 Å². The molecule has 0 spiro atoms. The molecule has 0 unspecified atom stereocenters. The number of anilines is 1. The van der Waals surface area contributed by atoms with Gasteiger partial charge >= 0.3 is 0 Å². The zero-order chi connectivity index (χ0) is 19.7. The smallest absolute Gasteiger partial charge is 0.268 e. The Morgan fingerprint density at radius 2 is 2.00 bits per heavy atom. The SMILES string of the molecule is O=C(Nc1cc(-c2ccc(C=CCS(=O)(=O)O)cc2)c2cc[nH]c2n1)C1CC1. The first-order valence-corrected chi connectivity index (χ1v) is 10.5. The summed E-state index contributed by atoms with van der Waals surface area (Å²) in [5.74, 6) is 0.189. The van der Waals surface area contributed by atoms with Crippen molar-refractivity contribution in [3.63, 3.8) is 0 Å². The van der Waals surface area contributed by atoms with Crippen molar-refractivity contribution in [2.24, 2.45) is 5.92 Å². The van der Waals surface area contributed by atoms with Gasteiger partial charge in [0.05, 0.1) is 5.75 Å². The summed E-state index contributed by atoms with van der Waals surface area (Å²) >= 11 is 0. The van der Waals surface area contributed by atoms with Gasteiger partial charge in [-0.25, -0.2) is 4.98 Å². The van der Waals surface area contributed by atoms with Crippen LogP contribution >= 0.6 is 0 Å². The number of amides is 1. The number of pyridine rings is 1. The Hall–Kier alpha value is -2.97. The minimum atomic E-state index is -4.01. The molecular formula is C20H19N3O4S. The molecule has 1 saturated carbocycles. The second-order valence-electron chi connectivity index (χ2n) is 6.83. The Labute approximate surface area is 162 Å². The third kappa shape index (κ3) is 4.29. The minimum Gasteiger partial charge on any atom is -0.346 e. The van der Waals surface area contributed by atoms with Crippen LogP contribution in [0, 0.1) is 5.92 Å². The molecule has 0 radical (unpaired) electrons. The van der Waals surface area contributed by atoms with Crippen molar-refractivity contribution in [1.82, 2.24) is 9.97 Å². The zero-order valence-electron chi connectivity index (χ0n) is 14.9. The predicted octanol–water partition coefficient (Wildman–Crippen LogP) is 3.48. The average molecular weight is 397 g/mol. The van der Waals surface area contributed by atoms with E-state index in [0.717, 1.165) is 34.9 Å². The Bertz CT molecular complexity index is 1160. The number of benzene rings is 1. The lowest BCUT2D eigenvalue weighted by atomic mass is 10.0. The highest BCUT2D eigenvalue weighted by Crippen LogP contribution is 2.33. The Morgan fingerprint density at radius 1 is 1.25 bits per heavy atom. The molecular weight excluding hydrogens is 378 g/mol. The van der Waals surface area contributed by atoms with Gasteiger partial charge in [0.1, 0.15) is 11.5 Å². The molecule has 28 heavy (non-hydrogen) atoms. The van der Waals surface area contributed by atoms with Crippen LogP contribution in [-0.2, 0) is 14.9 Å². The first-order chi connectivity index (χ1) is 13.4. The third-order valence-corrected chi connectivity index (χ3v) is 5.18. The average Bonchev–Trinajstić information content (AvgIpc) is 3.39. The van der Waals surface area contributed by atoms with E-state index in [4.69, 9.17) is 4.55 Å². The van der Waals surface area contributed by atoms with Gasteiger partial charge in [0, 0.05) is 17.5 Å². The highest BCUT2D eigenvalue weighted by atomic mass is 32.2. The number of hydrogen-bond donors (Lipinski definition) is 3. The van der Waals surface area contributed by atoms with Crippen LogP contribution in [0.3, 0.4) is 0 Å². The summed E-state index contributed by atoms with van der Waals surface area (Å²) in [5.41, 5.74) is 3.39. The largest absolute Gasteiger partial charge is 0.346 e. The van der Waals surface area contributed by atoms with E-state index in [1.54, 1.807) is 12.3 Å². The van der Waals surface area contributed by atoms with Crippen molar-refractivity contribution >= 4 is 39.0 Å². The van der Waals surface area contributed by atoms with Gasteiger partial charge in [-0.3, -0.25) is 9.35 Å². The first kappa shape index (κ1) is 18.4. The lowest BCUT2D eigenvalue weighted by Gasteiger charge is -2.09. The topological polar surface area (TPSA) is 112 Å². The molecule has 3 aromatic rings. The maximum atomic E-state index is 12.1. The summed E-state index contributed by atoms with van der Waals surface area (Å²) < 4.78 is 30.3. The van der Waals surface area contributed by atoms with Crippen LogP contribution in [0.15, 0.2) is 48.7 Å². The number of nitrogens with zero attached hydrogens (tertiary/aromatic N) is 1. The van der Waals surface area contributed by atoms with Crippen molar-refractivity contribution < 1.29 is 17.8 Å². The van der Waals surface area contributed by atoms with Crippen molar-refractivity contribution in [3.05, 3.63) is 54.2 Å². The van der Waals surface area contributed by atoms with Crippen molar-refractivity contribution in [2.75, 3.05) is 11.1 Å². The molecule has 2 aromatic heterocycles. The molecule has 1 aliphatic carbocycles. The molecule has 1 fully saturated rings. The van der Waals surface area contributed by atoms with E-state index in [0.29, 0.717) is 11.5 Å². The molecule has 0 atom stereocenters. The Morgan fingerprint density at radius 3 is 2.68 bits per heavy atom. The first-order valence-electron chi connectivity index (χ1n) is 8.90. The molecule has 4 rings (SSSR count). The van der Waals surface area contributed by atoms with Crippen LogP contribution in [0.1, 0.15) is 18.4 Å². The predicted molar refractivity (Wildman–Crippen MR) is 108 cm³/mol. The standard InChI is InChI=1S/C20H19N3O4S/c24-20(15-7-8-15)23-18-12-17(16-9-10-21-19(16)22-18)14-5-3-13(4-6-14)2-1-11-28(25,26)27/h1-6,9-10,12,15H,7-8,11H2,(H,25,26,27)(H2,21,22,23,24). The highest BCUT2D eigenvalue weighted by molar-refractivity contribution is 7.85. The molecule has 0 bridgehead atoms. The summed E-state index contributed by atoms with van der Waals surface area (Å²) in [7, 11) is -4.01. The molecule has 3 N–H and O–H groups in total. The monoisotopic (exact) mass is 397 g/mol. The normalized spacial score (nSPS) is 14.6. The van der Waals surface area contributed by atoms with Gasteiger partial charge in [0.25, 0.3) is 10.1 Å². The molecule has 144 valence electrons. The van der Waals surface area contributed by atoms with E-state index in [1.165, 1.54) is 6.08 Å². The maximum absolute atomic E-state index is 12.1. The number of hydrogen-bond acceptors (Lipinski definition) is 4. The summed E-state index contributed by atoms with van der Waals surface area (Å²) in [6.45, 7) is 0. The van der Waals surface area contributed by atoms with Gasteiger partial charge in [-0.15, -0.1) is 0 Å². The second kappa shape index (κ2) is 7.21. The molecule has 0 saturated heterocycles. The van der Waals surface area contributed by atoms with Gasteiger partial charge in [0.2, 0.25) is 5.91 Å². The number of aromatic amines is 1. The Kier molecular flexibility index (Phi) is 4.74. The number of H-pyrrole nitrogens is 1. The van der Waals surface area contributed by atoms with Crippen LogP contribution in [0.2, 0.25) is 0 Å². The van der Waals surface area contributed by atoms with Crippen molar-refractivity contribution in [3.8, 4) is 11.1 Å². The van der Waals surface area contributed by atoms with Gasteiger partial charge in [-0.1, -0.05) is 36.4 Å². The van der Waals surface area contributed by atoms with E-state index in [1.807, 2.05) is 36.4 Å². The van der Waals surface area contributed by atoms with Crippen LogP contribution < -0.4 is 5.32 Å². The van der Waals surface area contributed by atoms with Gasteiger partial charge < -0.3 is 10.3 Å². The van der Waals surface area contributed by atoms with E-state index >= 15 is 0 Å². The summed E-state index contributed by atoms with van der Waals surface area (Å²) in [4.78, 5) is 19.6. The van der Waals surface area contributed by atoms with Gasteiger partial charge in [-0.05, 0) is 41.7 Å². The number of carbonyl (C=O) groups excluding carboxylic acids is 1. The zero-order valence-corrected chi connectivity index (χ0v) is 15.7. The fourth-order valence-corrected chi connectivity index (χ4v) is 3.33. The molecule has 0 aliphatic heterocycles. The van der Waals surface area contributed by atoms with E-state index in [-0.39, 0.29) is 11.8 Å². The molecule has 1 amide bonds. The fourth-order valence-electron chi connectivity index (χ4n) is 2.99. The molecule has 7 nitrogen and oxygen atoms in total. The quantitative estimate of drug-likeness (QED) is 0.551. The summed E-state index contributed by atoms with van der Waals surface area (Å²) in [6.07, 6.45) is 6.69. The number of fused-ring (bicyclic) bond motifs is 1. The number of carbonyl (C=O) groups is 1. The minimum absolute atomic E-state index is 0.00340. The lowest BCUT2D eigenvalue weighted by Crippen LogP contribution is -2.14. The van der Waals surface area contributed by atoms with E-state index in [2.05, 4.69) is 15.3 Å². The molecule has 2 heterocycles. The maximum Gasteiger partial charge on any atom is 0.268 e. The van der Waals surface area contributed by atoms with Crippen LogP contribution in [0.25, 0.3) is 28.2 Å². The Balaban J connectivity index is 1.62. The van der Waals surface area contributed by atoms with Crippen molar-refractivity contribution in [1.29, 1.82) is 0 Å². The fraction of sp³-hybridized carbons (Fsp3) is 0.200. The number of rotatable bonds is 6. The molecule has 1 aliphatic rings. The van der Waals surface area contributed by atoms with Gasteiger partial charge in [0.15, 0.2) is 0 Å². The highest BCUT2D eigenvalue weighted by Gasteiger charge is 2.30. The van der Waals surface area contributed by atoms with Crippen LogP contribution in [0.4, 0.5) is 5.82 Å². The molecule has 1 aromatic carbocycles. The number of aromatic nitrogens is 2. The summed E-state index contributed by atoms with van der Waals surface area (Å²) in [6, 6.07) is 11.3. The van der Waals surface area contributed by atoms with E-state index in [9.17, 15) is 13.2 Å². The number of nitrogens with one attached hydrogen (secondary N) is 2. The van der Waals surface area contributed by atoms with Gasteiger partial charge in [-0.2, -0.15) is 8.42 Å². The second-order valence-corrected chi connectivity index (χ2v) is 8.33. The third-order valence-electron chi connectivity index (χ3n) is 4.57.